The van der Waals surface area contributed by atoms with E-state index >= 15 is 0 Å². The van der Waals surface area contributed by atoms with Gasteiger partial charge in [-0.3, -0.25) is 4.79 Å². The van der Waals surface area contributed by atoms with Crippen LogP contribution in [0.1, 0.15) is 23.6 Å². The molecule has 160 valence electrons. The van der Waals surface area contributed by atoms with Crippen LogP contribution in [0.5, 0.6) is 17.2 Å². The van der Waals surface area contributed by atoms with E-state index in [9.17, 15) is 9.59 Å². The van der Waals surface area contributed by atoms with Crippen molar-refractivity contribution in [1.82, 2.24) is 0 Å². The van der Waals surface area contributed by atoms with Gasteiger partial charge in [0.15, 0.2) is 0 Å². The van der Waals surface area contributed by atoms with Gasteiger partial charge in [0.25, 0.3) is 0 Å². The summed E-state index contributed by atoms with van der Waals surface area (Å²) in [5.74, 6) is 0.476. The molecule has 3 aromatic carbocycles. The molecule has 0 unspecified atom stereocenters. The van der Waals surface area contributed by atoms with Crippen molar-refractivity contribution in [2.45, 2.75) is 20.3 Å². The van der Waals surface area contributed by atoms with Crippen LogP contribution in [0.3, 0.4) is 0 Å². The molecule has 5 heteroatoms. The Balaban J connectivity index is 1.52. The maximum atomic E-state index is 12.8. The Kier molecular flexibility index (Phi) is 6.17. The van der Waals surface area contributed by atoms with Gasteiger partial charge in [0.05, 0.1) is 5.39 Å². The Bertz CT molecular complexity index is 1350. The first-order chi connectivity index (χ1) is 15.5. The van der Waals surface area contributed by atoms with Gasteiger partial charge in [-0.15, -0.1) is 0 Å². The minimum absolute atomic E-state index is 0.101. The van der Waals surface area contributed by atoms with Gasteiger partial charge in [0, 0.05) is 12.1 Å². The van der Waals surface area contributed by atoms with E-state index in [1.54, 1.807) is 18.2 Å². The zero-order valence-corrected chi connectivity index (χ0v) is 17.8. The number of aryl methyl sites for hydroxylation is 2. The summed E-state index contributed by atoms with van der Waals surface area (Å²) >= 11 is 0. The topological polar surface area (TPSA) is 65.7 Å². The summed E-state index contributed by atoms with van der Waals surface area (Å²) in [6, 6.07) is 19.9. The summed E-state index contributed by atoms with van der Waals surface area (Å²) < 4.78 is 16.8. The largest absolute Gasteiger partial charge is 0.460 e. The van der Waals surface area contributed by atoms with E-state index in [2.05, 4.69) is 0 Å². The number of para-hydroxylation sites is 1. The van der Waals surface area contributed by atoms with Gasteiger partial charge in [-0.05, 0) is 48.7 Å². The van der Waals surface area contributed by atoms with E-state index in [1.165, 1.54) is 18.4 Å². The van der Waals surface area contributed by atoms with E-state index in [0.717, 1.165) is 23.1 Å². The van der Waals surface area contributed by atoms with Crippen LogP contribution in [0.15, 0.2) is 88.3 Å². The van der Waals surface area contributed by atoms with Crippen molar-refractivity contribution >= 4 is 23.0 Å². The third-order valence-corrected chi connectivity index (χ3v) is 5.00. The van der Waals surface area contributed by atoms with Gasteiger partial charge in [-0.25, -0.2) is 4.79 Å². The second kappa shape index (κ2) is 9.35. The molecule has 5 nitrogen and oxygen atoms in total. The number of hydrogen-bond acceptors (Lipinski definition) is 5. The third kappa shape index (κ3) is 4.78. The highest BCUT2D eigenvalue weighted by atomic mass is 16.5. The molecule has 0 bridgehead atoms. The molecule has 4 aromatic rings. The fourth-order valence-corrected chi connectivity index (χ4v) is 3.23. The Labute approximate surface area is 185 Å². The standard InChI is InChI=1S/C27H22O5/c1-3-20-6-4-5-7-23(20)32-25-17-30-24-16-21(13-14-22(24)27(25)29)31-26(28)15-12-19-10-8-18(2)9-11-19/h4-17H,3H2,1-2H3. The summed E-state index contributed by atoms with van der Waals surface area (Å²) in [5.41, 5.74) is 3.04. The summed E-state index contributed by atoms with van der Waals surface area (Å²) in [7, 11) is 0. The van der Waals surface area contributed by atoms with Gasteiger partial charge in [-0.1, -0.05) is 55.0 Å². The molecule has 0 aliphatic rings. The van der Waals surface area contributed by atoms with Gasteiger partial charge in [-0.2, -0.15) is 0 Å². The van der Waals surface area contributed by atoms with Crippen molar-refractivity contribution in [2.24, 2.45) is 0 Å². The average molecular weight is 426 g/mol. The lowest BCUT2D eigenvalue weighted by atomic mass is 10.1. The molecule has 0 amide bonds. The first-order valence-electron chi connectivity index (χ1n) is 10.3. The first-order valence-corrected chi connectivity index (χ1v) is 10.3. The fraction of sp³-hybridized carbons (Fsp3) is 0.111. The Morgan fingerprint density at radius 2 is 1.78 bits per heavy atom. The summed E-state index contributed by atoms with van der Waals surface area (Å²) in [6.45, 7) is 4.02. The van der Waals surface area contributed by atoms with E-state index in [4.69, 9.17) is 13.9 Å². The van der Waals surface area contributed by atoms with Crippen LogP contribution in [0.2, 0.25) is 0 Å². The number of rotatable bonds is 6. The maximum absolute atomic E-state index is 12.8. The van der Waals surface area contributed by atoms with Crippen LogP contribution in [-0.2, 0) is 11.2 Å². The van der Waals surface area contributed by atoms with Crippen molar-refractivity contribution < 1.29 is 18.7 Å². The number of esters is 1. The van der Waals surface area contributed by atoms with Gasteiger partial charge >= 0.3 is 5.97 Å². The van der Waals surface area contributed by atoms with E-state index < -0.39 is 5.97 Å². The average Bonchev–Trinajstić information content (AvgIpc) is 2.81. The van der Waals surface area contributed by atoms with Crippen molar-refractivity contribution in [3.63, 3.8) is 0 Å². The molecule has 0 fully saturated rings. The molecular weight excluding hydrogens is 404 g/mol. The maximum Gasteiger partial charge on any atom is 0.336 e. The fourth-order valence-electron chi connectivity index (χ4n) is 3.23. The molecule has 4 rings (SSSR count). The molecular formula is C27H22O5. The quantitative estimate of drug-likeness (QED) is 0.213. The van der Waals surface area contributed by atoms with E-state index in [-0.39, 0.29) is 16.9 Å². The highest BCUT2D eigenvalue weighted by molar-refractivity contribution is 5.89. The number of benzene rings is 3. The molecule has 0 atom stereocenters. The minimum Gasteiger partial charge on any atom is -0.460 e. The van der Waals surface area contributed by atoms with Gasteiger partial charge < -0.3 is 13.9 Å². The van der Waals surface area contributed by atoms with Crippen molar-refractivity contribution in [3.8, 4) is 17.2 Å². The Morgan fingerprint density at radius 3 is 2.56 bits per heavy atom. The van der Waals surface area contributed by atoms with Crippen LogP contribution in [0.4, 0.5) is 0 Å². The second-order valence-corrected chi connectivity index (χ2v) is 7.32. The number of ether oxygens (including phenoxy) is 2. The number of fused-ring (bicyclic) bond motifs is 1. The molecule has 0 spiro atoms. The predicted octanol–water partition coefficient (Wildman–Crippen LogP) is 6.07. The molecule has 0 N–H and O–H groups in total. The van der Waals surface area contributed by atoms with Crippen molar-refractivity contribution in [2.75, 3.05) is 0 Å². The van der Waals surface area contributed by atoms with Crippen LogP contribution >= 0.6 is 0 Å². The smallest absolute Gasteiger partial charge is 0.336 e. The zero-order chi connectivity index (χ0) is 22.5. The minimum atomic E-state index is -0.525. The lowest BCUT2D eigenvalue weighted by molar-refractivity contribution is -0.128. The van der Waals surface area contributed by atoms with Gasteiger partial charge in [0.2, 0.25) is 11.2 Å². The molecule has 0 aliphatic heterocycles. The number of hydrogen-bond donors (Lipinski definition) is 0. The molecule has 0 radical (unpaired) electrons. The van der Waals surface area contributed by atoms with Crippen LogP contribution in [0.25, 0.3) is 17.0 Å². The molecule has 0 saturated heterocycles. The van der Waals surface area contributed by atoms with E-state index in [1.807, 2.05) is 62.4 Å². The number of carbonyl (C=O) groups excluding carboxylic acids is 1. The molecule has 32 heavy (non-hydrogen) atoms. The highest BCUT2D eigenvalue weighted by Crippen LogP contribution is 2.26. The predicted molar refractivity (Wildman–Crippen MR) is 124 cm³/mol. The van der Waals surface area contributed by atoms with Crippen molar-refractivity contribution in [3.05, 3.63) is 106 Å². The van der Waals surface area contributed by atoms with Crippen LogP contribution in [-0.4, -0.2) is 5.97 Å². The SMILES string of the molecule is CCc1ccccc1Oc1coc2cc(OC(=O)C=Cc3ccc(C)cc3)ccc2c1=O. The first kappa shape index (κ1) is 21.1. The normalized spacial score (nSPS) is 11.1. The summed E-state index contributed by atoms with van der Waals surface area (Å²) in [6.07, 6.45) is 5.09. The van der Waals surface area contributed by atoms with Gasteiger partial charge in [0.1, 0.15) is 23.3 Å². The molecule has 0 saturated carbocycles. The molecule has 1 heterocycles. The Morgan fingerprint density at radius 1 is 1.00 bits per heavy atom. The molecule has 1 aromatic heterocycles. The third-order valence-electron chi connectivity index (χ3n) is 5.00. The summed E-state index contributed by atoms with van der Waals surface area (Å²) in [4.78, 5) is 25.0. The monoisotopic (exact) mass is 426 g/mol. The molecule has 0 aliphatic carbocycles. The highest BCUT2D eigenvalue weighted by Gasteiger charge is 2.12. The Hall–Kier alpha value is -4.12. The van der Waals surface area contributed by atoms with Crippen LogP contribution < -0.4 is 14.9 Å². The van der Waals surface area contributed by atoms with Crippen LogP contribution in [0, 0.1) is 6.92 Å². The van der Waals surface area contributed by atoms with Crippen molar-refractivity contribution in [1.29, 1.82) is 0 Å². The second-order valence-electron chi connectivity index (χ2n) is 7.32. The summed E-state index contributed by atoms with van der Waals surface area (Å²) in [5, 5.41) is 0.339. The van der Waals surface area contributed by atoms with E-state index in [0.29, 0.717) is 16.7 Å². The zero-order valence-electron chi connectivity index (χ0n) is 17.8. The lowest BCUT2D eigenvalue weighted by Gasteiger charge is -2.09. The number of carbonyl (C=O) groups is 1. The lowest BCUT2D eigenvalue weighted by Crippen LogP contribution is -2.07.